The maximum absolute atomic E-state index is 14.2. The van der Waals surface area contributed by atoms with Gasteiger partial charge in [-0.25, -0.2) is 13.8 Å². The fourth-order valence-electron chi connectivity index (χ4n) is 3.63. The highest BCUT2D eigenvalue weighted by Gasteiger charge is 2.56. The van der Waals surface area contributed by atoms with Gasteiger partial charge < -0.3 is 20.3 Å². The first-order valence-electron chi connectivity index (χ1n) is 11.1. The van der Waals surface area contributed by atoms with Crippen LogP contribution >= 0.6 is 0 Å². The van der Waals surface area contributed by atoms with E-state index in [0.717, 1.165) is 30.3 Å². The molecule has 1 unspecified atom stereocenters. The van der Waals surface area contributed by atoms with Crippen LogP contribution in [0.1, 0.15) is 34.5 Å². The third kappa shape index (κ3) is 6.08. The van der Waals surface area contributed by atoms with Crippen LogP contribution in [-0.2, 0) is 10.4 Å². The molecule has 3 N–H and O–H groups in total. The number of rotatable bonds is 10. The van der Waals surface area contributed by atoms with Crippen molar-refractivity contribution >= 4 is 11.7 Å². The fraction of sp³-hybridized carbons (Fsp3) is 0.269. The predicted octanol–water partition coefficient (Wildman–Crippen LogP) is 4.62. The second-order valence-electron chi connectivity index (χ2n) is 8.39. The van der Waals surface area contributed by atoms with Crippen molar-refractivity contribution in [2.24, 2.45) is 5.73 Å². The van der Waals surface area contributed by atoms with Gasteiger partial charge in [0.25, 0.3) is 5.91 Å². The average Bonchev–Trinajstić information content (AvgIpc) is 2.86. The minimum atomic E-state index is -5.25. The van der Waals surface area contributed by atoms with Crippen molar-refractivity contribution in [1.29, 1.82) is 0 Å². The molecule has 38 heavy (non-hydrogen) atoms. The number of aromatic nitrogens is 1. The van der Waals surface area contributed by atoms with Gasteiger partial charge in [-0.2, -0.15) is 13.2 Å². The molecular weight excluding hydrogens is 515 g/mol. The van der Waals surface area contributed by atoms with Crippen LogP contribution in [0.4, 0.5) is 22.0 Å². The minimum absolute atomic E-state index is 0.0734. The van der Waals surface area contributed by atoms with Crippen LogP contribution in [0.15, 0.2) is 48.5 Å². The van der Waals surface area contributed by atoms with Crippen LogP contribution in [0.2, 0.25) is 0 Å². The molecule has 0 spiro atoms. The molecule has 1 heterocycles. The number of benzene rings is 2. The average molecular weight is 538 g/mol. The van der Waals surface area contributed by atoms with E-state index in [0.29, 0.717) is 0 Å². The molecule has 1 aromatic heterocycles. The van der Waals surface area contributed by atoms with E-state index in [4.69, 9.17) is 15.2 Å². The van der Waals surface area contributed by atoms with Crippen LogP contribution < -0.4 is 15.2 Å². The monoisotopic (exact) mass is 538 g/mol. The predicted molar refractivity (Wildman–Crippen MR) is 126 cm³/mol. The molecule has 2 aromatic carbocycles. The van der Waals surface area contributed by atoms with Gasteiger partial charge in [0.2, 0.25) is 5.60 Å². The van der Waals surface area contributed by atoms with Gasteiger partial charge in [-0.15, -0.1) is 0 Å². The number of carbonyl (C=O) groups excluding carboxylic acids is 2. The van der Waals surface area contributed by atoms with Crippen molar-refractivity contribution in [1.82, 2.24) is 4.98 Å². The zero-order valence-electron chi connectivity index (χ0n) is 20.2. The Morgan fingerprint density at radius 3 is 2.26 bits per heavy atom. The minimum Gasteiger partial charge on any atom is -0.494 e. The number of amides is 1. The number of hydrogen-bond donors (Lipinski definition) is 2. The molecule has 0 radical (unpaired) electrons. The lowest BCUT2D eigenvalue weighted by Gasteiger charge is -2.30. The lowest BCUT2D eigenvalue weighted by Crippen LogP contribution is -2.43. The molecule has 12 heteroatoms. The van der Waals surface area contributed by atoms with E-state index in [1.165, 1.54) is 32.2 Å². The first-order valence-corrected chi connectivity index (χ1v) is 11.1. The quantitative estimate of drug-likeness (QED) is 0.288. The van der Waals surface area contributed by atoms with E-state index in [9.17, 15) is 36.6 Å². The van der Waals surface area contributed by atoms with Crippen LogP contribution in [-0.4, -0.2) is 41.7 Å². The molecule has 0 saturated heterocycles. The Kier molecular flexibility index (Phi) is 8.35. The van der Waals surface area contributed by atoms with E-state index < -0.39 is 60.2 Å². The topological polar surface area (TPSA) is 112 Å². The third-order valence-corrected chi connectivity index (χ3v) is 5.74. The number of aliphatic hydroxyl groups is 1. The highest BCUT2D eigenvalue weighted by molar-refractivity contribution is 5.96. The fourth-order valence-corrected chi connectivity index (χ4v) is 3.63. The smallest absolute Gasteiger partial charge is 0.422 e. The number of primary amides is 1. The number of hydrogen-bond acceptors (Lipinski definition) is 6. The number of nitrogens with two attached hydrogens (primary N) is 1. The number of alkyl halides is 3. The second-order valence-corrected chi connectivity index (χ2v) is 8.39. The Balaban J connectivity index is 1.92. The van der Waals surface area contributed by atoms with Gasteiger partial charge in [0.15, 0.2) is 24.0 Å². The summed E-state index contributed by atoms with van der Waals surface area (Å²) in [5.74, 6) is -3.61. The summed E-state index contributed by atoms with van der Waals surface area (Å²) in [5.41, 5.74) is 0.672. The van der Waals surface area contributed by atoms with Crippen molar-refractivity contribution in [2.75, 3.05) is 13.7 Å². The zero-order valence-corrected chi connectivity index (χ0v) is 20.2. The van der Waals surface area contributed by atoms with Gasteiger partial charge in [0.05, 0.1) is 12.8 Å². The first kappa shape index (κ1) is 28.5. The number of ketones is 1. The van der Waals surface area contributed by atoms with Gasteiger partial charge >= 0.3 is 6.18 Å². The highest BCUT2D eigenvalue weighted by Crippen LogP contribution is 2.43. The molecule has 202 valence electrons. The second kappa shape index (κ2) is 11.1. The van der Waals surface area contributed by atoms with Gasteiger partial charge in [-0.1, -0.05) is 0 Å². The molecular formula is C26H23F5N2O5. The maximum Gasteiger partial charge on any atom is 0.422 e. The van der Waals surface area contributed by atoms with E-state index >= 15 is 0 Å². The lowest BCUT2D eigenvalue weighted by molar-refractivity contribution is -0.270. The molecule has 0 saturated carbocycles. The summed E-state index contributed by atoms with van der Waals surface area (Å²) >= 11 is 0. The number of ether oxygens (including phenoxy) is 2. The summed E-state index contributed by atoms with van der Waals surface area (Å²) in [4.78, 5) is 27.4. The van der Waals surface area contributed by atoms with Crippen LogP contribution in [0.25, 0.3) is 11.3 Å². The number of Topliss-reactive ketones (excluding diaryl/α,β-unsaturated/α-hetero) is 1. The normalized spacial score (nSPS) is 13.1. The lowest BCUT2D eigenvalue weighted by atomic mass is 9.89. The molecule has 0 aliphatic heterocycles. The molecule has 3 aromatic rings. The largest absolute Gasteiger partial charge is 0.494 e. The van der Waals surface area contributed by atoms with Crippen molar-refractivity contribution in [3.8, 4) is 22.8 Å². The summed E-state index contributed by atoms with van der Waals surface area (Å²) in [7, 11) is 1.27. The van der Waals surface area contributed by atoms with Gasteiger partial charge in [-0.3, -0.25) is 9.59 Å². The SMILES string of the molecule is COc1ccc(C(O)(CCC(=O)c2ccc(OCC(N)=O)c(F)c2)C(F)(F)F)nc1-c1ccc(F)c(C)c1. The Morgan fingerprint density at radius 1 is 1.00 bits per heavy atom. The van der Waals surface area contributed by atoms with Crippen LogP contribution in [0.5, 0.6) is 11.5 Å². The summed E-state index contributed by atoms with van der Waals surface area (Å²) in [6.45, 7) is 0.850. The number of carbonyl (C=O) groups is 2. The Labute approximate surface area is 214 Å². The van der Waals surface area contributed by atoms with Crippen LogP contribution in [0, 0.1) is 18.6 Å². The van der Waals surface area contributed by atoms with E-state index in [-0.39, 0.29) is 33.9 Å². The number of nitrogens with zero attached hydrogens (tertiary/aromatic N) is 1. The maximum atomic E-state index is 14.2. The van der Waals surface area contributed by atoms with Gasteiger partial charge in [0.1, 0.15) is 17.3 Å². The molecule has 0 bridgehead atoms. The number of pyridine rings is 1. The summed E-state index contributed by atoms with van der Waals surface area (Å²) in [6, 6.07) is 8.76. The molecule has 0 aliphatic carbocycles. The van der Waals surface area contributed by atoms with Gasteiger partial charge in [-0.05, 0) is 67.4 Å². The molecule has 1 amide bonds. The highest BCUT2D eigenvalue weighted by atomic mass is 19.4. The molecule has 7 nitrogen and oxygen atoms in total. The van der Waals surface area contributed by atoms with Gasteiger partial charge in [0, 0.05) is 17.5 Å². The summed E-state index contributed by atoms with van der Waals surface area (Å²) in [5, 5.41) is 10.8. The number of aryl methyl sites for hydroxylation is 1. The zero-order chi connectivity index (χ0) is 28.3. The van der Waals surface area contributed by atoms with E-state index in [1.54, 1.807) is 0 Å². The molecule has 1 atom stereocenters. The van der Waals surface area contributed by atoms with E-state index in [1.807, 2.05) is 0 Å². The Hall–Kier alpha value is -4.06. The Morgan fingerprint density at radius 2 is 1.68 bits per heavy atom. The van der Waals surface area contributed by atoms with Crippen LogP contribution in [0.3, 0.4) is 0 Å². The Bertz CT molecular complexity index is 1360. The summed E-state index contributed by atoms with van der Waals surface area (Å²) < 4.78 is 80.4. The third-order valence-electron chi connectivity index (χ3n) is 5.74. The molecule has 0 aliphatic rings. The van der Waals surface area contributed by atoms with Crippen molar-refractivity contribution in [3.63, 3.8) is 0 Å². The first-order chi connectivity index (χ1) is 17.8. The summed E-state index contributed by atoms with van der Waals surface area (Å²) in [6.07, 6.45) is -7.20. The molecule has 0 fully saturated rings. The standard InChI is InChI=1S/C26H23F5N2O5/c1-14-11-16(3-5-17(14)27)24-21(37-2)7-8-22(33-24)25(36,26(29,30)31)10-9-19(34)15-4-6-20(18(28)12-15)38-13-23(32)35/h3-8,11-12,36H,9-10,13H2,1-2H3,(H2,32,35). The van der Waals surface area contributed by atoms with Crippen molar-refractivity contribution in [3.05, 3.63) is 77.0 Å². The number of methoxy groups -OCH3 is 1. The molecule has 3 rings (SSSR count). The number of halogens is 5. The van der Waals surface area contributed by atoms with Crippen molar-refractivity contribution in [2.45, 2.75) is 31.5 Å². The van der Waals surface area contributed by atoms with E-state index in [2.05, 4.69) is 4.98 Å². The van der Waals surface area contributed by atoms with Crippen molar-refractivity contribution < 1.29 is 46.1 Å².